The molecule has 0 heterocycles. The van der Waals surface area contributed by atoms with Crippen LogP contribution in [-0.4, -0.2) is 65.2 Å². The molecule has 2 amide bonds. The van der Waals surface area contributed by atoms with Crippen LogP contribution in [0.1, 0.15) is 56.2 Å². The van der Waals surface area contributed by atoms with Crippen LogP contribution in [0.2, 0.25) is 5.02 Å². The number of rotatable bonds is 9. The van der Waals surface area contributed by atoms with E-state index in [9.17, 15) is 19.5 Å². The number of ether oxygens (including phenoxy) is 1. The number of benzene rings is 2. The predicted octanol–water partition coefficient (Wildman–Crippen LogP) is 5.40. The van der Waals surface area contributed by atoms with Gasteiger partial charge in [0, 0.05) is 25.7 Å². The Kier molecular flexibility index (Phi) is 9.24. The summed E-state index contributed by atoms with van der Waals surface area (Å²) in [7, 11) is 3.34. The Hall–Kier alpha value is -3.06. The average molecular weight is 529 g/mol. The lowest BCUT2D eigenvalue weighted by Crippen LogP contribution is -2.49. The maximum absolute atomic E-state index is 13.7. The first-order valence-corrected chi connectivity index (χ1v) is 13.0. The van der Waals surface area contributed by atoms with E-state index in [1.54, 1.807) is 51.9 Å². The van der Waals surface area contributed by atoms with Crippen LogP contribution in [0.3, 0.4) is 0 Å². The highest BCUT2D eigenvalue weighted by Crippen LogP contribution is 2.40. The first kappa shape index (κ1) is 28.5. The van der Waals surface area contributed by atoms with Crippen LogP contribution in [0.4, 0.5) is 4.79 Å². The summed E-state index contributed by atoms with van der Waals surface area (Å²) < 4.78 is 5.58. The number of carbonyl (C=O) groups is 3. The van der Waals surface area contributed by atoms with Crippen molar-refractivity contribution in [3.8, 4) is 0 Å². The topological polar surface area (TPSA) is 87.2 Å². The molecule has 3 rings (SSSR count). The molecule has 0 saturated carbocycles. The number of hydrogen-bond acceptors (Lipinski definition) is 4. The summed E-state index contributed by atoms with van der Waals surface area (Å²) in [6, 6.07) is 14.9. The Morgan fingerprint density at radius 2 is 1.73 bits per heavy atom. The molecule has 0 radical (unpaired) electrons. The summed E-state index contributed by atoms with van der Waals surface area (Å²) in [5.74, 6) is -2.07. The van der Waals surface area contributed by atoms with Crippen molar-refractivity contribution in [2.24, 2.45) is 5.92 Å². The number of amides is 2. The lowest BCUT2D eigenvalue weighted by molar-refractivity contribution is -0.145. The van der Waals surface area contributed by atoms with Crippen molar-refractivity contribution in [1.29, 1.82) is 0 Å². The SMILES string of the molecule is CN(C[C@@H](Cc1ccc(Cl)cc1)N(C)C(=O)OC(C)(C)C)C(=O)[C@@H](CC(=O)O)[C@H]1CCc2ccccc21. The molecule has 3 atom stereocenters. The molecule has 1 aliphatic carbocycles. The van der Waals surface area contributed by atoms with Crippen LogP contribution in [0, 0.1) is 5.92 Å². The quantitative estimate of drug-likeness (QED) is 0.471. The van der Waals surface area contributed by atoms with Gasteiger partial charge in [-0.1, -0.05) is 48.0 Å². The number of halogens is 1. The van der Waals surface area contributed by atoms with Crippen LogP contribution < -0.4 is 0 Å². The smallest absolute Gasteiger partial charge is 0.410 e. The van der Waals surface area contributed by atoms with E-state index in [1.807, 2.05) is 36.4 Å². The molecule has 1 aliphatic rings. The second kappa shape index (κ2) is 12.0. The van der Waals surface area contributed by atoms with Crippen LogP contribution in [-0.2, 0) is 27.2 Å². The molecule has 0 saturated heterocycles. The third-order valence-corrected chi connectivity index (χ3v) is 7.10. The molecule has 37 heavy (non-hydrogen) atoms. The van der Waals surface area contributed by atoms with Crippen molar-refractivity contribution in [3.63, 3.8) is 0 Å². The molecule has 0 fully saturated rings. The van der Waals surface area contributed by atoms with Gasteiger partial charge in [0.1, 0.15) is 5.60 Å². The Morgan fingerprint density at radius 3 is 2.35 bits per heavy atom. The highest BCUT2D eigenvalue weighted by molar-refractivity contribution is 6.30. The van der Waals surface area contributed by atoms with E-state index in [4.69, 9.17) is 16.3 Å². The molecular weight excluding hydrogens is 492 g/mol. The summed E-state index contributed by atoms with van der Waals surface area (Å²) in [5.41, 5.74) is 2.51. The molecule has 200 valence electrons. The zero-order chi connectivity index (χ0) is 27.3. The van der Waals surface area contributed by atoms with Gasteiger partial charge in [-0.3, -0.25) is 9.59 Å². The van der Waals surface area contributed by atoms with Crippen molar-refractivity contribution >= 4 is 29.6 Å². The minimum atomic E-state index is -1.00. The van der Waals surface area contributed by atoms with E-state index in [1.165, 1.54) is 10.5 Å². The third kappa shape index (κ3) is 7.71. The van der Waals surface area contributed by atoms with E-state index in [0.717, 1.165) is 24.0 Å². The van der Waals surface area contributed by atoms with Gasteiger partial charge in [0.2, 0.25) is 5.91 Å². The number of likely N-dealkylation sites (N-methyl/N-ethyl adjacent to an activating group) is 2. The first-order chi connectivity index (χ1) is 17.4. The van der Waals surface area contributed by atoms with Crippen molar-refractivity contribution < 1.29 is 24.2 Å². The van der Waals surface area contributed by atoms with Crippen LogP contribution in [0.5, 0.6) is 0 Å². The van der Waals surface area contributed by atoms with Gasteiger partial charge in [-0.25, -0.2) is 4.79 Å². The van der Waals surface area contributed by atoms with E-state index >= 15 is 0 Å². The minimum absolute atomic E-state index is 0.152. The predicted molar refractivity (Wildman–Crippen MR) is 144 cm³/mol. The van der Waals surface area contributed by atoms with Crippen LogP contribution in [0.15, 0.2) is 48.5 Å². The normalized spacial score (nSPS) is 16.4. The van der Waals surface area contributed by atoms with Crippen molar-refractivity contribution in [1.82, 2.24) is 9.80 Å². The highest BCUT2D eigenvalue weighted by Gasteiger charge is 2.38. The Balaban J connectivity index is 1.84. The van der Waals surface area contributed by atoms with Gasteiger partial charge in [0.25, 0.3) is 0 Å². The number of carboxylic acids is 1. The summed E-state index contributed by atoms with van der Waals surface area (Å²) in [5, 5.41) is 10.3. The van der Waals surface area contributed by atoms with Crippen LogP contribution in [0.25, 0.3) is 0 Å². The lowest BCUT2D eigenvalue weighted by Gasteiger charge is -2.35. The average Bonchev–Trinajstić information content (AvgIpc) is 3.25. The molecule has 1 N–H and O–H groups in total. The molecule has 0 aromatic heterocycles. The number of hydrogen-bond donors (Lipinski definition) is 1. The fourth-order valence-corrected chi connectivity index (χ4v) is 5.11. The fourth-order valence-electron chi connectivity index (χ4n) is 4.99. The number of nitrogens with zero attached hydrogens (tertiary/aromatic N) is 2. The van der Waals surface area contributed by atoms with Gasteiger partial charge in [0.15, 0.2) is 0 Å². The molecule has 0 aliphatic heterocycles. The molecule has 2 aromatic rings. The first-order valence-electron chi connectivity index (χ1n) is 12.6. The van der Waals surface area contributed by atoms with Gasteiger partial charge >= 0.3 is 12.1 Å². The van der Waals surface area contributed by atoms with E-state index in [-0.39, 0.29) is 24.8 Å². The highest BCUT2D eigenvalue weighted by atomic mass is 35.5. The molecule has 0 spiro atoms. The number of carbonyl (C=O) groups excluding carboxylic acids is 2. The van der Waals surface area contributed by atoms with E-state index < -0.39 is 29.6 Å². The summed E-state index contributed by atoms with van der Waals surface area (Å²) in [6.45, 7) is 5.64. The Morgan fingerprint density at radius 1 is 1.08 bits per heavy atom. The monoisotopic (exact) mass is 528 g/mol. The van der Waals surface area contributed by atoms with Crippen molar-refractivity contribution in [3.05, 3.63) is 70.2 Å². The maximum atomic E-state index is 13.7. The zero-order valence-electron chi connectivity index (χ0n) is 22.2. The van der Waals surface area contributed by atoms with E-state index in [2.05, 4.69) is 0 Å². The largest absolute Gasteiger partial charge is 0.481 e. The fraction of sp³-hybridized carbons (Fsp3) is 0.483. The molecule has 7 nitrogen and oxygen atoms in total. The molecule has 0 bridgehead atoms. The van der Waals surface area contributed by atoms with Gasteiger partial charge in [0.05, 0.1) is 18.4 Å². The summed E-state index contributed by atoms with van der Waals surface area (Å²) in [6.07, 6.45) is 1.31. The minimum Gasteiger partial charge on any atom is -0.481 e. The number of fused-ring (bicyclic) bond motifs is 1. The number of carboxylic acid groups (broad SMARTS) is 1. The zero-order valence-corrected chi connectivity index (χ0v) is 23.0. The Bertz CT molecular complexity index is 1110. The van der Waals surface area contributed by atoms with Gasteiger partial charge in [-0.05, 0) is 74.8 Å². The standard InChI is InChI=1S/C29H37ClN2O5/c1-29(2,3)37-28(36)32(5)22(16-19-10-13-21(30)14-11-19)18-31(4)27(35)25(17-26(33)34)24-15-12-20-8-6-7-9-23(20)24/h6-11,13-14,22,24-25H,12,15-18H2,1-5H3,(H,33,34)/t22-,24+,25+/m1/s1. The second-order valence-electron chi connectivity index (χ2n) is 10.8. The molecular formula is C29H37ClN2O5. The molecule has 8 heteroatoms. The molecule has 0 unspecified atom stereocenters. The van der Waals surface area contributed by atoms with Gasteiger partial charge in [-0.2, -0.15) is 0 Å². The van der Waals surface area contributed by atoms with Gasteiger partial charge < -0.3 is 19.6 Å². The second-order valence-corrected chi connectivity index (χ2v) is 11.3. The maximum Gasteiger partial charge on any atom is 0.410 e. The number of aryl methyl sites for hydroxylation is 1. The molecule has 2 aromatic carbocycles. The van der Waals surface area contributed by atoms with Gasteiger partial charge in [-0.15, -0.1) is 0 Å². The summed E-state index contributed by atoms with van der Waals surface area (Å²) in [4.78, 5) is 41.5. The Labute approximate surface area is 224 Å². The van der Waals surface area contributed by atoms with Crippen molar-refractivity contribution in [2.45, 2.75) is 64.0 Å². The third-order valence-electron chi connectivity index (χ3n) is 6.85. The van der Waals surface area contributed by atoms with Crippen molar-refractivity contribution in [2.75, 3.05) is 20.6 Å². The number of aliphatic carboxylic acids is 1. The van der Waals surface area contributed by atoms with Crippen LogP contribution >= 0.6 is 11.6 Å². The lowest BCUT2D eigenvalue weighted by atomic mass is 9.84. The van der Waals surface area contributed by atoms with E-state index in [0.29, 0.717) is 11.4 Å². The summed E-state index contributed by atoms with van der Waals surface area (Å²) >= 11 is 6.05.